The second-order valence-corrected chi connectivity index (χ2v) is 5.43. The van der Waals surface area contributed by atoms with Crippen molar-refractivity contribution in [3.63, 3.8) is 0 Å². The van der Waals surface area contributed by atoms with Crippen molar-refractivity contribution in [2.45, 2.75) is 0 Å². The zero-order valence-electron chi connectivity index (χ0n) is 13.8. The van der Waals surface area contributed by atoms with Gasteiger partial charge >= 0.3 is 0 Å². The minimum atomic E-state index is -0.455. The molecule has 1 heterocycles. The molecule has 3 rings (SSSR count). The van der Waals surface area contributed by atoms with Crippen LogP contribution in [-0.4, -0.2) is 28.4 Å². The Morgan fingerprint density at radius 1 is 0.923 bits per heavy atom. The van der Waals surface area contributed by atoms with Crippen LogP contribution in [0, 0.1) is 0 Å². The van der Waals surface area contributed by atoms with Crippen molar-refractivity contribution in [1.82, 2.24) is 4.98 Å². The van der Waals surface area contributed by atoms with Crippen LogP contribution in [0.25, 0.3) is 0 Å². The summed E-state index contributed by atoms with van der Waals surface area (Å²) in [5.41, 5.74) is 1.14. The van der Waals surface area contributed by atoms with Gasteiger partial charge in [-0.05, 0) is 36.4 Å². The van der Waals surface area contributed by atoms with Crippen molar-refractivity contribution < 1.29 is 19.4 Å². The summed E-state index contributed by atoms with van der Waals surface area (Å²) < 4.78 is 5.39. The van der Waals surface area contributed by atoms with Gasteiger partial charge in [-0.25, -0.2) is 4.98 Å². The number of carbonyl (C=O) groups excluding carboxylic acids is 2. The van der Waals surface area contributed by atoms with Gasteiger partial charge in [0.05, 0.1) is 0 Å². The molecule has 2 N–H and O–H groups in total. The number of aromatic nitrogens is 1. The van der Waals surface area contributed by atoms with Crippen molar-refractivity contribution in [3.8, 4) is 11.5 Å². The second-order valence-electron chi connectivity index (χ2n) is 5.43. The Kier molecular flexibility index (Phi) is 5.24. The summed E-state index contributed by atoms with van der Waals surface area (Å²) in [5, 5.41) is 12.0. The number of carbonyl (C=O) groups is 2. The van der Waals surface area contributed by atoms with E-state index in [0.29, 0.717) is 16.9 Å². The van der Waals surface area contributed by atoms with Crippen molar-refractivity contribution >= 4 is 17.5 Å². The first-order valence-electron chi connectivity index (χ1n) is 7.90. The molecule has 0 saturated carbocycles. The highest BCUT2D eigenvalue weighted by molar-refractivity contribution is 6.09. The molecule has 0 bridgehead atoms. The van der Waals surface area contributed by atoms with E-state index >= 15 is 0 Å². The predicted octanol–water partition coefficient (Wildman–Crippen LogP) is 3.04. The molecule has 0 radical (unpaired) electrons. The van der Waals surface area contributed by atoms with Crippen LogP contribution >= 0.6 is 0 Å². The van der Waals surface area contributed by atoms with Gasteiger partial charge in [0.25, 0.3) is 5.91 Å². The number of pyridine rings is 1. The first kappa shape index (κ1) is 17.2. The zero-order chi connectivity index (χ0) is 18.4. The van der Waals surface area contributed by atoms with E-state index in [1.54, 1.807) is 42.5 Å². The zero-order valence-corrected chi connectivity index (χ0v) is 13.8. The Bertz CT molecular complexity index is 909. The van der Waals surface area contributed by atoms with Crippen molar-refractivity contribution in [1.29, 1.82) is 0 Å². The number of anilines is 1. The number of nitrogens with one attached hydrogen (secondary N) is 1. The summed E-state index contributed by atoms with van der Waals surface area (Å²) in [6, 6.07) is 18.5. The lowest BCUT2D eigenvalue weighted by Gasteiger charge is -2.08. The molecule has 0 saturated heterocycles. The lowest BCUT2D eigenvalue weighted by molar-refractivity contribution is -0.118. The van der Waals surface area contributed by atoms with Crippen LogP contribution < -0.4 is 10.1 Å². The van der Waals surface area contributed by atoms with E-state index in [-0.39, 0.29) is 24.0 Å². The number of hydrogen-bond acceptors (Lipinski definition) is 5. The van der Waals surface area contributed by atoms with Gasteiger partial charge in [0.1, 0.15) is 5.75 Å². The van der Waals surface area contributed by atoms with Crippen molar-refractivity contribution in [3.05, 3.63) is 84.1 Å². The number of ether oxygens (including phenoxy) is 1. The molecule has 0 spiro atoms. The van der Waals surface area contributed by atoms with E-state index in [9.17, 15) is 14.7 Å². The molecule has 1 amide bonds. The van der Waals surface area contributed by atoms with Crippen molar-refractivity contribution in [2.24, 2.45) is 0 Å². The molecule has 0 aliphatic carbocycles. The third-order valence-corrected chi connectivity index (χ3v) is 3.57. The molecule has 130 valence electrons. The first-order chi connectivity index (χ1) is 12.6. The number of amides is 1. The van der Waals surface area contributed by atoms with Crippen LogP contribution in [-0.2, 0) is 4.79 Å². The van der Waals surface area contributed by atoms with Gasteiger partial charge in [-0.1, -0.05) is 30.3 Å². The standard InChI is InChI=1S/C20H16N2O4/c23-17-7-4-12-21-20(17)22-18(24)13-26-16-10-8-15(9-11-16)19(25)14-5-2-1-3-6-14/h1-12,23H,13H2,(H,21,22,24). The molecule has 0 fully saturated rings. The minimum Gasteiger partial charge on any atom is -0.504 e. The fourth-order valence-corrected chi connectivity index (χ4v) is 2.27. The fraction of sp³-hybridized carbons (Fsp3) is 0.0500. The van der Waals surface area contributed by atoms with Gasteiger partial charge in [-0.2, -0.15) is 0 Å². The molecule has 0 unspecified atom stereocenters. The van der Waals surface area contributed by atoms with Gasteiger partial charge in [0, 0.05) is 17.3 Å². The Morgan fingerprint density at radius 3 is 2.31 bits per heavy atom. The lowest BCUT2D eigenvalue weighted by Crippen LogP contribution is -2.20. The van der Waals surface area contributed by atoms with Crippen LogP contribution in [0.2, 0.25) is 0 Å². The maximum Gasteiger partial charge on any atom is 0.263 e. The molecule has 3 aromatic rings. The summed E-state index contributed by atoms with van der Waals surface area (Å²) in [5.74, 6) is -0.131. The summed E-state index contributed by atoms with van der Waals surface area (Å²) in [7, 11) is 0. The van der Waals surface area contributed by atoms with Crippen LogP contribution in [0.15, 0.2) is 72.9 Å². The fourth-order valence-electron chi connectivity index (χ4n) is 2.27. The number of nitrogens with zero attached hydrogens (tertiary/aromatic N) is 1. The van der Waals surface area contributed by atoms with Gasteiger partial charge in [-0.3, -0.25) is 9.59 Å². The van der Waals surface area contributed by atoms with Gasteiger partial charge in [0.2, 0.25) is 0 Å². The van der Waals surface area contributed by atoms with E-state index < -0.39 is 5.91 Å². The maximum absolute atomic E-state index is 12.3. The van der Waals surface area contributed by atoms with E-state index in [2.05, 4.69) is 10.3 Å². The number of aromatic hydroxyl groups is 1. The largest absolute Gasteiger partial charge is 0.504 e. The van der Waals surface area contributed by atoms with Crippen LogP contribution in [0.4, 0.5) is 5.82 Å². The molecule has 26 heavy (non-hydrogen) atoms. The Hall–Kier alpha value is -3.67. The average molecular weight is 348 g/mol. The Morgan fingerprint density at radius 2 is 1.62 bits per heavy atom. The third kappa shape index (κ3) is 4.24. The highest BCUT2D eigenvalue weighted by Crippen LogP contribution is 2.18. The van der Waals surface area contributed by atoms with E-state index in [1.165, 1.54) is 12.3 Å². The SMILES string of the molecule is O=C(COc1ccc(C(=O)c2ccccc2)cc1)Nc1ncccc1O. The monoisotopic (exact) mass is 348 g/mol. The summed E-state index contributed by atoms with van der Waals surface area (Å²) in [6.07, 6.45) is 1.46. The molecule has 0 aliphatic rings. The normalized spacial score (nSPS) is 10.2. The molecular weight excluding hydrogens is 332 g/mol. The van der Waals surface area contributed by atoms with Gasteiger partial charge < -0.3 is 15.2 Å². The average Bonchev–Trinajstić information content (AvgIpc) is 2.69. The van der Waals surface area contributed by atoms with Crippen LogP contribution in [0.1, 0.15) is 15.9 Å². The number of benzene rings is 2. The van der Waals surface area contributed by atoms with Crippen LogP contribution in [0.3, 0.4) is 0 Å². The number of hydrogen-bond donors (Lipinski definition) is 2. The van der Waals surface area contributed by atoms with Crippen LogP contribution in [0.5, 0.6) is 11.5 Å². The maximum atomic E-state index is 12.3. The highest BCUT2D eigenvalue weighted by atomic mass is 16.5. The number of rotatable bonds is 6. The smallest absolute Gasteiger partial charge is 0.263 e. The molecular formula is C20H16N2O4. The quantitative estimate of drug-likeness (QED) is 0.669. The molecule has 2 aromatic carbocycles. The highest BCUT2D eigenvalue weighted by Gasteiger charge is 2.10. The van der Waals surface area contributed by atoms with Gasteiger partial charge in [0.15, 0.2) is 24.0 Å². The Labute approximate surface area is 150 Å². The minimum absolute atomic E-state index is 0.0740. The predicted molar refractivity (Wildman–Crippen MR) is 96.3 cm³/mol. The third-order valence-electron chi connectivity index (χ3n) is 3.57. The number of ketones is 1. The molecule has 0 atom stereocenters. The molecule has 6 heteroatoms. The molecule has 6 nitrogen and oxygen atoms in total. The van der Waals surface area contributed by atoms with E-state index in [0.717, 1.165) is 0 Å². The summed E-state index contributed by atoms with van der Waals surface area (Å²) >= 11 is 0. The van der Waals surface area contributed by atoms with Gasteiger partial charge in [-0.15, -0.1) is 0 Å². The first-order valence-corrected chi connectivity index (χ1v) is 7.90. The summed E-state index contributed by atoms with van der Waals surface area (Å²) in [4.78, 5) is 28.0. The topological polar surface area (TPSA) is 88.5 Å². The lowest BCUT2D eigenvalue weighted by atomic mass is 10.0. The van der Waals surface area contributed by atoms with Crippen molar-refractivity contribution in [2.75, 3.05) is 11.9 Å². The second kappa shape index (κ2) is 7.94. The summed E-state index contributed by atoms with van der Waals surface area (Å²) in [6.45, 7) is -0.248. The Balaban J connectivity index is 1.57. The molecule has 1 aromatic heterocycles. The van der Waals surface area contributed by atoms with E-state index in [4.69, 9.17) is 4.74 Å². The van der Waals surface area contributed by atoms with E-state index in [1.807, 2.05) is 18.2 Å². The molecule has 0 aliphatic heterocycles.